The Hall–Kier alpha value is -4.33. The molecule has 3 aromatic heterocycles. The average molecular weight is 504 g/mol. The van der Waals surface area contributed by atoms with E-state index in [1.165, 1.54) is 4.68 Å². The summed E-state index contributed by atoms with van der Waals surface area (Å²) in [5.74, 6) is -2.06. The molecule has 4 rings (SSSR count). The van der Waals surface area contributed by atoms with Crippen LogP contribution in [0.25, 0.3) is 21.3 Å². The lowest BCUT2D eigenvalue weighted by atomic mass is 10.0. The molecule has 0 fully saturated rings. The van der Waals surface area contributed by atoms with Gasteiger partial charge < -0.3 is 11.1 Å². The quantitative estimate of drug-likeness (QED) is 0.293. The topological polar surface area (TPSA) is 146 Å². The highest BCUT2D eigenvalue weighted by atomic mass is 32.1. The van der Waals surface area contributed by atoms with Gasteiger partial charge in [0.05, 0.1) is 10.6 Å². The van der Waals surface area contributed by atoms with E-state index in [0.717, 1.165) is 12.3 Å². The molecule has 0 radical (unpaired) electrons. The normalized spacial score (nSPS) is 11.5. The minimum atomic E-state index is -4.79. The standard InChI is InChI=1S/C21H15F3N6O4S/c1-2-29-9-12(30(33)34)15(28-29)19(32)27-16-14-11(10-6-4-3-5-7-10)8-13(21(22,23)24)26-20(14)35-17(16)18(25)31/h3-9H,2H2,1H3,(H2,25,31)(H,27,32). The molecule has 0 unspecified atom stereocenters. The number of nitrogens with two attached hydrogens (primary N) is 1. The molecule has 10 nitrogen and oxygen atoms in total. The Balaban J connectivity index is 1.97. The van der Waals surface area contributed by atoms with Crippen LogP contribution in [-0.4, -0.2) is 31.5 Å². The van der Waals surface area contributed by atoms with E-state index < -0.39 is 40.0 Å². The third kappa shape index (κ3) is 4.42. The second kappa shape index (κ2) is 8.79. The van der Waals surface area contributed by atoms with Crippen molar-refractivity contribution in [2.24, 2.45) is 5.73 Å². The number of hydrogen-bond acceptors (Lipinski definition) is 7. The van der Waals surface area contributed by atoms with Crippen LogP contribution in [0.3, 0.4) is 0 Å². The molecule has 2 amide bonds. The average Bonchev–Trinajstić information content (AvgIpc) is 3.41. The molecule has 0 saturated heterocycles. The van der Waals surface area contributed by atoms with Gasteiger partial charge in [0.2, 0.25) is 5.69 Å². The fourth-order valence-electron chi connectivity index (χ4n) is 3.42. The first-order valence-electron chi connectivity index (χ1n) is 9.94. The van der Waals surface area contributed by atoms with Crippen LogP contribution in [0, 0.1) is 10.1 Å². The van der Waals surface area contributed by atoms with Crippen LogP contribution in [0.15, 0.2) is 42.6 Å². The summed E-state index contributed by atoms with van der Waals surface area (Å²) in [6.07, 6.45) is -3.71. The Morgan fingerprint density at radius 3 is 2.51 bits per heavy atom. The second-order valence-corrected chi connectivity index (χ2v) is 8.20. The fourth-order valence-corrected chi connectivity index (χ4v) is 4.43. The summed E-state index contributed by atoms with van der Waals surface area (Å²) in [6.45, 7) is 1.90. The van der Waals surface area contributed by atoms with Gasteiger partial charge in [-0.25, -0.2) is 4.98 Å². The van der Waals surface area contributed by atoms with Crippen molar-refractivity contribution in [2.75, 3.05) is 5.32 Å². The SMILES string of the molecule is CCn1cc([N+](=O)[O-])c(C(=O)Nc2c(C(N)=O)sc3nc(C(F)(F)F)cc(-c4ccccc4)c23)n1. The van der Waals surface area contributed by atoms with E-state index in [4.69, 9.17) is 5.73 Å². The van der Waals surface area contributed by atoms with E-state index in [0.29, 0.717) is 16.9 Å². The first-order valence-corrected chi connectivity index (χ1v) is 10.8. The zero-order valence-electron chi connectivity index (χ0n) is 17.8. The van der Waals surface area contributed by atoms with Gasteiger partial charge in [-0.2, -0.15) is 18.3 Å². The van der Waals surface area contributed by atoms with Crippen molar-refractivity contribution in [3.05, 3.63) is 69.0 Å². The predicted octanol–water partition coefficient (Wildman–Crippen LogP) is 4.46. The van der Waals surface area contributed by atoms with Crippen LogP contribution in [0.1, 0.15) is 32.8 Å². The molecule has 0 saturated carbocycles. The molecular weight excluding hydrogens is 489 g/mol. The molecule has 0 atom stereocenters. The Kier molecular flexibility index (Phi) is 5.98. The number of halogens is 3. The van der Waals surface area contributed by atoms with Crippen LogP contribution < -0.4 is 11.1 Å². The molecule has 1 aromatic carbocycles. The van der Waals surface area contributed by atoms with E-state index in [-0.39, 0.29) is 32.9 Å². The number of nitro groups is 1. The van der Waals surface area contributed by atoms with Gasteiger partial charge >= 0.3 is 11.9 Å². The van der Waals surface area contributed by atoms with E-state index in [1.54, 1.807) is 37.3 Å². The molecular formula is C21H15F3N6O4S. The first-order chi connectivity index (χ1) is 16.5. The molecule has 0 bridgehead atoms. The van der Waals surface area contributed by atoms with Crippen molar-refractivity contribution >= 4 is 44.7 Å². The molecule has 3 N–H and O–H groups in total. The number of amides is 2. The molecule has 0 aliphatic rings. The van der Waals surface area contributed by atoms with Crippen molar-refractivity contribution in [3.8, 4) is 11.1 Å². The number of nitrogens with one attached hydrogen (secondary N) is 1. The summed E-state index contributed by atoms with van der Waals surface area (Å²) in [4.78, 5) is 39.0. The second-order valence-electron chi connectivity index (χ2n) is 7.20. The van der Waals surface area contributed by atoms with Crippen molar-refractivity contribution < 1.29 is 27.7 Å². The molecule has 14 heteroatoms. The van der Waals surface area contributed by atoms with Gasteiger partial charge in [-0.1, -0.05) is 30.3 Å². The molecule has 3 heterocycles. The number of carbonyl (C=O) groups excluding carboxylic acids is 2. The summed E-state index contributed by atoms with van der Waals surface area (Å²) < 4.78 is 41.9. The van der Waals surface area contributed by atoms with Crippen molar-refractivity contribution in [1.82, 2.24) is 14.8 Å². The lowest BCUT2D eigenvalue weighted by Crippen LogP contribution is -2.18. The molecule has 180 valence electrons. The number of fused-ring (bicyclic) bond motifs is 1. The van der Waals surface area contributed by atoms with Crippen LogP contribution in [0.4, 0.5) is 24.5 Å². The Labute approximate surface area is 198 Å². The largest absolute Gasteiger partial charge is 0.433 e. The number of pyridine rings is 1. The Morgan fingerprint density at radius 2 is 1.94 bits per heavy atom. The maximum Gasteiger partial charge on any atom is 0.433 e. The highest BCUT2D eigenvalue weighted by molar-refractivity contribution is 7.21. The van der Waals surface area contributed by atoms with E-state index >= 15 is 0 Å². The smallest absolute Gasteiger partial charge is 0.365 e. The van der Waals surface area contributed by atoms with Crippen LogP contribution in [0.5, 0.6) is 0 Å². The number of aromatic nitrogens is 3. The summed E-state index contributed by atoms with van der Waals surface area (Å²) in [5, 5.41) is 17.7. The van der Waals surface area contributed by atoms with Crippen molar-refractivity contribution in [3.63, 3.8) is 0 Å². The number of benzene rings is 1. The summed E-state index contributed by atoms with van der Waals surface area (Å²) >= 11 is 0.569. The van der Waals surface area contributed by atoms with E-state index in [1.807, 2.05) is 0 Å². The van der Waals surface area contributed by atoms with Gasteiger partial charge in [-0.05, 0) is 24.1 Å². The molecule has 0 aliphatic carbocycles. The van der Waals surface area contributed by atoms with Crippen LogP contribution >= 0.6 is 11.3 Å². The number of anilines is 1. The highest BCUT2D eigenvalue weighted by Gasteiger charge is 2.35. The third-order valence-corrected chi connectivity index (χ3v) is 6.08. The number of rotatable bonds is 6. The predicted molar refractivity (Wildman–Crippen MR) is 121 cm³/mol. The lowest BCUT2D eigenvalue weighted by molar-refractivity contribution is -0.385. The summed E-state index contributed by atoms with van der Waals surface area (Å²) in [5.41, 5.74) is 3.33. The highest BCUT2D eigenvalue weighted by Crippen LogP contribution is 2.43. The number of carbonyl (C=O) groups is 2. The van der Waals surface area contributed by atoms with Gasteiger partial charge in [-0.3, -0.25) is 24.4 Å². The zero-order valence-corrected chi connectivity index (χ0v) is 18.6. The first kappa shape index (κ1) is 23.8. The van der Waals surface area contributed by atoms with Crippen LogP contribution in [-0.2, 0) is 12.7 Å². The van der Waals surface area contributed by atoms with Crippen LogP contribution in [0.2, 0.25) is 0 Å². The van der Waals surface area contributed by atoms with Gasteiger partial charge in [0.1, 0.15) is 21.6 Å². The summed E-state index contributed by atoms with van der Waals surface area (Å²) in [7, 11) is 0. The molecule has 4 aromatic rings. The van der Waals surface area contributed by atoms with Crippen molar-refractivity contribution in [1.29, 1.82) is 0 Å². The Bertz CT molecular complexity index is 1480. The number of nitrogens with zero attached hydrogens (tertiary/aromatic N) is 4. The number of primary amides is 1. The Morgan fingerprint density at radius 1 is 1.26 bits per heavy atom. The van der Waals surface area contributed by atoms with Gasteiger partial charge in [0, 0.05) is 11.9 Å². The number of hydrogen-bond donors (Lipinski definition) is 2. The van der Waals surface area contributed by atoms with E-state index in [9.17, 15) is 32.9 Å². The maximum atomic E-state index is 13.6. The van der Waals surface area contributed by atoms with E-state index in [2.05, 4.69) is 15.4 Å². The summed E-state index contributed by atoms with van der Waals surface area (Å²) in [6, 6.07) is 8.79. The molecule has 35 heavy (non-hydrogen) atoms. The van der Waals surface area contributed by atoms with Gasteiger partial charge in [0.25, 0.3) is 11.8 Å². The number of aryl methyl sites for hydroxylation is 1. The van der Waals surface area contributed by atoms with Gasteiger partial charge in [0.15, 0.2) is 0 Å². The molecule has 0 spiro atoms. The fraction of sp³-hybridized carbons (Fsp3) is 0.143. The van der Waals surface area contributed by atoms with Crippen molar-refractivity contribution in [2.45, 2.75) is 19.6 Å². The maximum absolute atomic E-state index is 13.6. The number of thiophene rings is 1. The minimum Gasteiger partial charge on any atom is -0.365 e. The number of alkyl halides is 3. The van der Waals surface area contributed by atoms with Gasteiger partial charge in [-0.15, -0.1) is 11.3 Å². The lowest BCUT2D eigenvalue weighted by Gasteiger charge is -2.12. The third-order valence-electron chi connectivity index (χ3n) is 4.98. The monoisotopic (exact) mass is 504 g/mol. The minimum absolute atomic E-state index is 0.0360. The zero-order chi connectivity index (χ0) is 25.5. The molecule has 0 aliphatic heterocycles.